The first-order chi connectivity index (χ1) is 31.6. The maximum atomic E-state index is 14.2. The van der Waals surface area contributed by atoms with Crippen molar-refractivity contribution in [3.05, 3.63) is 118 Å². The van der Waals surface area contributed by atoms with E-state index in [-0.39, 0.29) is 37.7 Å². The molecule has 1 fully saturated rings. The summed E-state index contributed by atoms with van der Waals surface area (Å²) in [5.41, 5.74) is 11.1. The lowest BCUT2D eigenvalue weighted by Gasteiger charge is -2.35. The van der Waals surface area contributed by atoms with E-state index in [1.807, 2.05) is 95.1 Å². The number of imidazole rings is 1. The van der Waals surface area contributed by atoms with Gasteiger partial charge in [0.05, 0.1) is 59.7 Å². The molecule has 0 saturated carbocycles. The standard InChI is InChI=1S/C50H59BrN8O6S/c1-31-11-12-38(45-33(3)56-65-35(45)5)26-43(31)58(39-17-18-41(40(51)27-39)57-21-19-52-29-57)22-23-63-24-25-64-28-44(60)55-47(50(6,7)8)49(62)59-20-9-10-42(59)48(61)54-32(2)36-13-15-37(16-14-36)46-34(4)53-30-66-46/h11-19,21,26-27,29-30,32,42,47H,9-10,20,22-25,28H2,1-8H3,(H,54,61)(H,55,60)/t32-,42-,47+/m0/s1. The fourth-order valence-corrected chi connectivity index (χ4v) is 9.75. The number of carbonyl (C=O) groups excluding carboxylic acids is 3. The van der Waals surface area contributed by atoms with Crippen LogP contribution in [0.4, 0.5) is 11.4 Å². The summed E-state index contributed by atoms with van der Waals surface area (Å²) in [4.78, 5) is 54.7. The van der Waals surface area contributed by atoms with Crippen LogP contribution in [0.1, 0.15) is 74.9 Å². The van der Waals surface area contributed by atoms with E-state index in [0.29, 0.717) is 32.5 Å². The summed E-state index contributed by atoms with van der Waals surface area (Å²) in [7, 11) is 0. The van der Waals surface area contributed by atoms with Gasteiger partial charge in [-0.15, -0.1) is 11.3 Å². The highest BCUT2D eigenvalue weighted by molar-refractivity contribution is 9.10. The second-order valence-corrected chi connectivity index (χ2v) is 19.5. The van der Waals surface area contributed by atoms with Gasteiger partial charge in [-0.1, -0.05) is 62.3 Å². The number of hydrogen-bond acceptors (Lipinski definition) is 11. The van der Waals surface area contributed by atoms with E-state index in [0.717, 1.165) is 71.4 Å². The minimum atomic E-state index is -0.863. The first-order valence-corrected chi connectivity index (χ1v) is 23.9. The van der Waals surface area contributed by atoms with Crippen LogP contribution in [0.2, 0.25) is 0 Å². The van der Waals surface area contributed by atoms with Crippen LogP contribution >= 0.6 is 27.3 Å². The predicted octanol–water partition coefficient (Wildman–Crippen LogP) is 9.22. The molecule has 1 aliphatic heterocycles. The maximum Gasteiger partial charge on any atom is 0.246 e. The highest BCUT2D eigenvalue weighted by Gasteiger charge is 2.42. The van der Waals surface area contributed by atoms with Crippen LogP contribution in [0.15, 0.2) is 93.9 Å². The van der Waals surface area contributed by atoms with Crippen LogP contribution in [0.25, 0.3) is 27.3 Å². The fraction of sp³-hybridized carbons (Fsp3) is 0.400. The van der Waals surface area contributed by atoms with Gasteiger partial charge in [-0.25, -0.2) is 9.97 Å². The van der Waals surface area contributed by atoms with Gasteiger partial charge in [-0.05, 0) is 115 Å². The molecular weight excluding hydrogens is 921 g/mol. The number of likely N-dealkylation sites (tertiary alicyclic amines) is 1. The van der Waals surface area contributed by atoms with Gasteiger partial charge in [0.2, 0.25) is 17.7 Å². The van der Waals surface area contributed by atoms with Crippen LogP contribution in [-0.2, 0) is 23.9 Å². The van der Waals surface area contributed by atoms with Crippen molar-refractivity contribution in [1.82, 2.24) is 35.2 Å². The van der Waals surface area contributed by atoms with Crippen molar-refractivity contribution in [3.63, 3.8) is 0 Å². The lowest BCUT2D eigenvalue weighted by Crippen LogP contribution is -2.58. The number of nitrogens with zero attached hydrogens (tertiary/aromatic N) is 6. The predicted molar refractivity (Wildman–Crippen MR) is 261 cm³/mol. The number of carbonyl (C=O) groups is 3. The number of nitrogens with one attached hydrogen (secondary N) is 2. The molecule has 3 aromatic carbocycles. The molecule has 0 radical (unpaired) electrons. The molecule has 3 amide bonds. The van der Waals surface area contributed by atoms with Gasteiger partial charge >= 0.3 is 0 Å². The molecule has 4 heterocycles. The van der Waals surface area contributed by atoms with Gasteiger partial charge in [-0.3, -0.25) is 14.4 Å². The molecule has 0 unspecified atom stereocenters. The van der Waals surface area contributed by atoms with Gasteiger partial charge in [0, 0.05) is 46.9 Å². The van der Waals surface area contributed by atoms with Crippen LogP contribution in [0.3, 0.4) is 0 Å². The normalized spacial score (nSPS) is 14.9. The van der Waals surface area contributed by atoms with Crippen LogP contribution < -0.4 is 15.5 Å². The molecule has 0 aliphatic carbocycles. The first kappa shape index (κ1) is 48.3. The fourth-order valence-electron chi connectivity index (χ4n) is 8.37. The molecule has 2 N–H and O–H groups in total. The van der Waals surface area contributed by atoms with Crippen molar-refractivity contribution >= 4 is 56.4 Å². The zero-order chi connectivity index (χ0) is 47.1. The Hall–Kier alpha value is -5.68. The number of amides is 3. The Morgan fingerprint density at radius 1 is 0.955 bits per heavy atom. The monoisotopic (exact) mass is 978 g/mol. The highest BCUT2D eigenvalue weighted by atomic mass is 79.9. The molecule has 7 rings (SSSR count). The van der Waals surface area contributed by atoms with E-state index >= 15 is 0 Å². The smallest absolute Gasteiger partial charge is 0.246 e. The number of benzene rings is 3. The summed E-state index contributed by atoms with van der Waals surface area (Å²) >= 11 is 5.38. The number of thiazole rings is 1. The third kappa shape index (κ3) is 11.3. The Balaban J connectivity index is 0.921. The van der Waals surface area contributed by atoms with E-state index in [1.54, 1.807) is 28.8 Å². The van der Waals surface area contributed by atoms with Crippen molar-refractivity contribution in [2.75, 3.05) is 44.4 Å². The average molecular weight is 980 g/mol. The number of ether oxygens (including phenoxy) is 2. The molecule has 348 valence electrons. The summed E-state index contributed by atoms with van der Waals surface area (Å²) in [5, 5.41) is 10.2. The quantitative estimate of drug-likeness (QED) is 0.0797. The number of aryl methyl sites for hydroxylation is 4. The number of anilines is 2. The molecule has 3 aromatic heterocycles. The summed E-state index contributed by atoms with van der Waals surface area (Å²) in [6.07, 6.45) is 6.64. The van der Waals surface area contributed by atoms with Gasteiger partial charge in [0.15, 0.2) is 0 Å². The highest BCUT2D eigenvalue weighted by Crippen LogP contribution is 2.37. The Kier molecular flexibility index (Phi) is 15.6. The van der Waals surface area contributed by atoms with Crippen molar-refractivity contribution in [3.8, 4) is 27.3 Å². The molecular formula is C50H59BrN8O6S. The van der Waals surface area contributed by atoms with Gasteiger partial charge in [-0.2, -0.15) is 0 Å². The SMILES string of the molecule is Cc1ccc(-c2c(C)noc2C)cc1N(CCOCCOCC(=O)N[C@H](C(=O)N1CCC[C@H]1C(=O)N[C@@H](C)c1ccc(-c2scnc2C)cc1)C(C)(C)C)c1ccc(-n2ccnc2)c(Br)c1. The topological polar surface area (TPSA) is 157 Å². The summed E-state index contributed by atoms with van der Waals surface area (Å²) in [6, 6.07) is 18.9. The molecule has 0 spiro atoms. The minimum Gasteiger partial charge on any atom is -0.377 e. The lowest BCUT2D eigenvalue weighted by atomic mass is 9.85. The van der Waals surface area contributed by atoms with Crippen molar-refractivity contribution in [2.24, 2.45) is 5.41 Å². The van der Waals surface area contributed by atoms with Crippen LogP contribution in [0, 0.1) is 33.1 Å². The van der Waals surface area contributed by atoms with Crippen molar-refractivity contribution < 1.29 is 28.4 Å². The Morgan fingerprint density at radius 3 is 2.38 bits per heavy atom. The molecule has 16 heteroatoms. The average Bonchev–Trinajstić information content (AvgIpc) is 4.13. The summed E-state index contributed by atoms with van der Waals surface area (Å²) in [5.74, 6) is -0.156. The Labute approximate surface area is 399 Å². The minimum absolute atomic E-state index is 0.174. The molecule has 6 aromatic rings. The summed E-state index contributed by atoms with van der Waals surface area (Å²) < 4.78 is 20.2. The van der Waals surface area contributed by atoms with E-state index < -0.39 is 23.4 Å². The van der Waals surface area contributed by atoms with Gasteiger partial charge in [0.25, 0.3) is 0 Å². The van der Waals surface area contributed by atoms with E-state index in [9.17, 15) is 14.4 Å². The van der Waals surface area contributed by atoms with Crippen LogP contribution in [0.5, 0.6) is 0 Å². The third-order valence-corrected chi connectivity index (χ3v) is 13.6. The zero-order valence-electron chi connectivity index (χ0n) is 38.9. The van der Waals surface area contributed by atoms with Crippen molar-refractivity contribution in [1.29, 1.82) is 0 Å². The number of halogens is 1. The second kappa shape index (κ2) is 21.3. The molecule has 1 aliphatic rings. The number of hydrogen-bond donors (Lipinski definition) is 2. The van der Waals surface area contributed by atoms with Gasteiger partial charge in [0.1, 0.15) is 24.5 Å². The first-order valence-electron chi connectivity index (χ1n) is 22.3. The van der Waals surface area contributed by atoms with E-state index in [1.165, 1.54) is 0 Å². The maximum absolute atomic E-state index is 14.2. The van der Waals surface area contributed by atoms with Gasteiger partial charge < -0.3 is 39.0 Å². The third-order valence-electron chi connectivity index (χ3n) is 11.9. The number of aromatic nitrogens is 4. The molecule has 66 heavy (non-hydrogen) atoms. The molecule has 3 atom stereocenters. The molecule has 14 nitrogen and oxygen atoms in total. The van der Waals surface area contributed by atoms with E-state index in [2.05, 4.69) is 83.8 Å². The largest absolute Gasteiger partial charge is 0.377 e. The Morgan fingerprint density at radius 2 is 1.71 bits per heavy atom. The lowest BCUT2D eigenvalue weighted by molar-refractivity contribution is -0.144. The van der Waals surface area contributed by atoms with E-state index in [4.69, 9.17) is 14.0 Å². The summed E-state index contributed by atoms with van der Waals surface area (Å²) in [6.45, 7) is 17.1. The number of rotatable bonds is 18. The molecule has 0 bridgehead atoms. The van der Waals surface area contributed by atoms with Crippen LogP contribution in [-0.4, -0.2) is 93.9 Å². The Bertz CT molecular complexity index is 2600. The zero-order valence-corrected chi connectivity index (χ0v) is 41.3. The molecule has 1 saturated heterocycles. The second-order valence-electron chi connectivity index (χ2n) is 17.8. The van der Waals surface area contributed by atoms with Crippen molar-refractivity contribution in [2.45, 2.75) is 86.4 Å².